The summed E-state index contributed by atoms with van der Waals surface area (Å²) < 4.78 is 33.1. The first kappa shape index (κ1) is 23.8. The summed E-state index contributed by atoms with van der Waals surface area (Å²) in [5, 5.41) is 2.30. The minimum atomic E-state index is -1.15. The van der Waals surface area contributed by atoms with Crippen LogP contribution in [0.1, 0.15) is 35.3 Å². The highest BCUT2D eigenvalue weighted by Crippen LogP contribution is 2.22. The van der Waals surface area contributed by atoms with Crippen LogP contribution in [0, 0.1) is 31.4 Å². The van der Waals surface area contributed by atoms with Crippen molar-refractivity contribution in [2.45, 2.75) is 33.7 Å². The lowest BCUT2D eigenvalue weighted by atomic mass is 10.0. The maximum atomic E-state index is 13.8. The van der Waals surface area contributed by atoms with Crippen molar-refractivity contribution in [1.82, 2.24) is 16.2 Å². The van der Waals surface area contributed by atoms with Gasteiger partial charge in [-0.15, -0.1) is 0 Å². The summed E-state index contributed by atoms with van der Waals surface area (Å²) in [6.45, 7) is 6.61. The molecule has 7 nitrogen and oxygen atoms in total. The molecule has 0 aromatic heterocycles. The molecule has 0 aliphatic rings. The predicted molar refractivity (Wildman–Crippen MR) is 110 cm³/mol. The molecule has 0 fully saturated rings. The minimum Gasteiger partial charge on any atom is -0.483 e. The predicted octanol–water partition coefficient (Wildman–Crippen LogP) is 2.56. The zero-order valence-corrected chi connectivity index (χ0v) is 17.7. The van der Waals surface area contributed by atoms with E-state index < -0.39 is 46.9 Å². The van der Waals surface area contributed by atoms with Crippen molar-refractivity contribution < 1.29 is 27.9 Å². The van der Waals surface area contributed by atoms with Crippen molar-refractivity contribution in [3.63, 3.8) is 0 Å². The van der Waals surface area contributed by atoms with Crippen molar-refractivity contribution in [3.05, 3.63) is 64.7 Å². The van der Waals surface area contributed by atoms with Crippen molar-refractivity contribution in [2.75, 3.05) is 6.61 Å². The van der Waals surface area contributed by atoms with Crippen LogP contribution >= 0.6 is 0 Å². The quantitative estimate of drug-likeness (QED) is 0.585. The van der Waals surface area contributed by atoms with Gasteiger partial charge in [-0.25, -0.2) is 8.78 Å². The van der Waals surface area contributed by atoms with Gasteiger partial charge in [-0.3, -0.25) is 25.2 Å². The second-order valence-electron chi connectivity index (χ2n) is 7.34. The lowest BCUT2D eigenvalue weighted by Crippen LogP contribution is -2.55. The number of hydrogen-bond donors (Lipinski definition) is 3. The number of amides is 3. The van der Waals surface area contributed by atoms with E-state index in [1.807, 2.05) is 32.0 Å². The standard InChI is InChI=1S/C22H25F2N3O4/c1-12(2)19(25-21(29)18-15(23)9-6-10-16(18)24)22(30)27-26-17(28)11-31-20-13(3)7-5-8-14(20)4/h5-10,12,19H,11H2,1-4H3,(H,25,29)(H,26,28)(H,27,30)/t19-/m0/s1. The van der Waals surface area contributed by atoms with E-state index in [4.69, 9.17) is 4.74 Å². The van der Waals surface area contributed by atoms with Gasteiger partial charge in [0.1, 0.15) is 29.0 Å². The highest BCUT2D eigenvalue weighted by Gasteiger charge is 2.27. The number of hydrazine groups is 1. The third kappa shape index (κ3) is 6.24. The molecular weight excluding hydrogens is 408 g/mol. The Labute approximate surface area is 179 Å². The highest BCUT2D eigenvalue weighted by molar-refractivity contribution is 5.98. The van der Waals surface area contributed by atoms with Gasteiger partial charge < -0.3 is 10.1 Å². The van der Waals surface area contributed by atoms with E-state index in [1.54, 1.807) is 13.8 Å². The number of nitrogens with one attached hydrogen (secondary N) is 3. The lowest BCUT2D eigenvalue weighted by molar-refractivity contribution is -0.131. The molecule has 0 aliphatic heterocycles. The molecule has 0 spiro atoms. The van der Waals surface area contributed by atoms with E-state index in [0.717, 1.165) is 29.3 Å². The number of halogens is 2. The first-order valence-corrected chi connectivity index (χ1v) is 9.64. The van der Waals surface area contributed by atoms with Gasteiger partial charge in [0.25, 0.3) is 17.7 Å². The summed E-state index contributed by atoms with van der Waals surface area (Å²) >= 11 is 0. The second kappa shape index (κ2) is 10.5. The Hall–Kier alpha value is -3.49. The topological polar surface area (TPSA) is 96.5 Å². The van der Waals surface area contributed by atoms with Crippen LogP contribution in [0.15, 0.2) is 36.4 Å². The summed E-state index contributed by atoms with van der Waals surface area (Å²) in [6.07, 6.45) is 0. The van der Waals surface area contributed by atoms with E-state index in [2.05, 4.69) is 16.2 Å². The average Bonchev–Trinajstić information content (AvgIpc) is 2.69. The van der Waals surface area contributed by atoms with Crippen LogP contribution in [0.25, 0.3) is 0 Å². The molecular formula is C22H25F2N3O4. The Balaban J connectivity index is 1.95. The number of carbonyl (C=O) groups excluding carboxylic acids is 3. The molecule has 0 unspecified atom stereocenters. The first-order valence-electron chi connectivity index (χ1n) is 9.64. The maximum absolute atomic E-state index is 13.8. The van der Waals surface area contributed by atoms with Crippen molar-refractivity contribution in [3.8, 4) is 5.75 Å². The first-order chi connectivity index (χ1) is 14.6. The summed E-state index contributed by atoms with van der Waals surface area (Å²) in [5.41, 5.74) is 5.33. The largest absolute Gasteiger partial charge is 0.483 e. The number of hydrogen-bond acceptors (Lipinski definition) is 4. The lowest BCUT2D eigenvalue weighted by Gasteiger charge is -2.22. The Morgan fingerprint density at radius 2 is 1.48 bits per heavy atom. The molecule has 166 valence electrons. The van der Waals surface area contributed by atoms with Crippen molar-refractivity contribution >= 4 is 17.7 Å². The van der Waals surface area contributed by atoms with Crippen LogP contribution in [0.5, 0.6) is 5.75 Å². The molecule has 3 N–H and O–H groups in total. The fraction of sp³-hybridized carbons (Fsp3) is 0.318. The second-order valence-corrected chi connectivity index (χ2v) is 7.34. The molecule has 9 heteroatoms. The molecule has 0 saturated carbocycles. The van der Waals surface area contributed by atoms with E-state index >= 15 is 0 Å². The zero-order valence-electron chi connectivity index (χ0n) is 17.7. The normalized spacial score (nSPS) is 11.6. The monoisotopic (exact) mass is 433 g/mol. The summed E-state index contributed by atoms with van der Waals surface area (Å²) in [5.74, 6) is -4.39. The van der Waals surface area contributed by atoms with Gasteiger partial charge in [0, 0.05) is 0 Å². The molecule has 0 saturated heterocycles. The Bertz CT molecular complexity index is 939. The van der Waals surface area contributed by atoms with E-state index in [-0.39, 0.29) is 6.61 Å². The van der Waals surface area contributed by atoms with Gasteiger partial charge >= 0.3 is 0 Å². The third-order valence-corrected chi connectivity index (χ3v) is 4.51. The van der Waals surface area contributed by atoms with E-state index in [0.29, 0.717) is 5.75 Å². The van der Waals surface area contributed by atoms with Crippen LogP contribution in [0.2, 0.25) is 0 Å². The Kier molecular flexibility index (Phi) is 8.07. The van der Waals surface area contributed by atoms with Gasteiger partial charge in [0.05, 0.1) is 0 Å². The van der Waals surface area contributed by atoms with Crippen LogP contribution in [-0.2, 0) is 9.59 Å². The maximum Gasteiger partial charge on any atom is 0.276 e. The van der Waals surface area contributed by atoms with Gasteiger partial charge in [0.2, 0.25) is 0 Å². The number of rotatable bonds is 7. The molecule has 2 rings (SSSR count). The minimum absolute atomic E-state index is 0.342. The highest BCUT2D eigenvalue weighted by atomic mass is 19.1. The summed E-state index contributed by atoms with van der Waals surface area (Å²) in [4.78, 5) is 36.8. The summed E-state index contributed by atoms with van der Waals surface area (Å²) in [6, 6.07) is 7.42. The third-order valence-electron chi connectivity index (χ3n) is 4.51. The van der Waals surface area contributed by atoms with Crippen molar-refractivity contribution in [1.29, 1.82) is 0 Å². The molecule has 0 heterocycles. The number of benzene rings is 2. The van der Waals surface area contributed by atoms with Crippen LogP contribution < -0.4 is 20.9 Å². The van der Waals surface area contributed by atoms with E-state index in [1.165, 1.54) is 0 Å². The van der Waals surface area contributed by atoms with Crippen LogP contribution in [0.4, 0.5) is 8.78 Å². The van der Waals surface area contributed by atoms with E-state index in [9.17, 15) is 23.2 Å². The Morgan fingerprint density at radius 3 is 2.03 bits per heavy atom. The molecule has 31 heavy (non-hydrogen) atoms. The molecule has 2 aromatic rings. The van der Waals surface area contributed by atoms with Crippen LogP contribution in [0.3, 0.4) is 0 Å². The number of ether oxygens (including phenoxy) is 1. The van der Waals surface area contributed by atoms with Gasteiger partial charge in [-0.1, -0.05) is 38.1 Å². The Morgan fingerprint density at radius 1 is 0.935 bits per heavy atom. The fourth-order valence-corrected chi connectivity index (χ4v) is 2.87. The fourth-order valence-electron chi connectivity index (χ4n) is 2.87. The molecule has 0 radical (unpaired) electrons. The molecule has 1 atom stereocenters. The van der Waals surface area contributed by atoms with Gasteiger partial charge in [0.15, 0.2) is 6.61 Å². The van der Waals surface area contributed by atoms with Crippen LogP contribution in [-0.4, -0.2) is 30.4 Å². The van der Waals surface area contributed by atoms with Gasteiger partial charge in [-0.05, 0) is 43.0 Å². The number of carbonyl (C=O) groups is 3. The molecule has 2 aromatic carbocycles. The van der Waals surface area contributed by atoms with Gasteiger partial charge in [-0.2, -0.15) is 0 Å². The molecule has 0 aliphatic carbocycles. The number of para-hydroxylation sites is 1. The summed E-state index contributed by atoms with van der Waals surface area (Å²) in [7, 11) is 0. The molecule has 3 amide bonds. The average molecular weight is 433 g/mol. The zero-order chi connectivity index (χ0) is 23.1. The number of aryl methyl sites for hydroxylation is 2. The van der Waals surface area contributed by atoms with Crippen molar-refractivity contribution in [2.24, 2.45) is 5.92 Å². The smallest absolute Gasteiger partial charge is 0.276 e. The molecule has 0 bridgehead atoms. The SMILES string of the molecule is Cc1cccc(C)c1OCC(=O)NNC(=O)[C@@H](NC(=O)c1c(F)cccc1F)C(C)C.